The second-order valence-corrected chi connectivity index (χ2v) is 5.71. The average Bonchev–Trinajstić information content (AvgIpc) is 2.44. The Morgan fingerprint density at radius 3 is 3.00 bits per heavy atom. The molecule has 0 radical (unpaired) electrons. The van der Waals surface area contributed by atoms with Crippen molar-refractivity contribution in [1.82, 2.24) is 10.3 Å². The number of rotatable bonds is 2. The summed E-state index contributed by atoms with van der Waals surface area (Å²) >= 11 is 0. The number of pyridine rings is 1. The number of nitrogens with one attached hydrogen (secondary N) is 1. The van der Waals surface area contributed by atoms with Gasteiger partial charge >= 0.3 is 0 Å². The fourth-order valence-corrected chi connectivity index (χ4v) is 2.37. The van der Waals surface area contributed by atoms with Crippen molar-refractivity contribution in [3.8, 4) is 11.8 Å². The summed E-state index contributed by atoms with van der Waals surface area (Å²) in [4.78, 5) is 16.3. The lowest BCUT2D eigenvalue weighted by atomic mass is 9.94. The van der Waals surface area contributed by atoms with Gasteiger partial charge in [0.05, 0.1) is 12.1 Å². The van der Waals surface area contributed by atoms with Crippen molar-refractivity contribution in [1.29, 1.82) is 0 Å². The lowest BCUT2D eigenvalue weighted by Gasteiger charge is -2.35. The van der Waals surface area contributed by atoms with E-state index in [1.807, 2.05) is 13.8 Å². The molecule has 1 unspecified atom stereocenters. The molecule has 1 aromatic rings. The molecule has 1 aliphatic heterocycles. The molecule has 1 atom stereocenters. The highest BCUT2D eigenvalue weighted by atomic mass is 16.5. The van der Waals surface area contributed by atoms with E-state index in [0.29, 0.717) is 18.8 Å². The second kappa shape index (κ2) is 6.70. The summed E-state index contributed by atoms with van der Waals surface area (Å²) in [6.45, 7) is 5.05. The minimum absolute atomic E-state index is 0.125. The van der Waals surface area contributed by atoms with E-state index in [1.54, 1.807) is 18.3 Å². The van der Waals surface area contributed by atoms with Crippen molar-refractivity contribution in [2.75, 3.05) is 13.2 Å². The van der Waals surface area contributed by atoms with Crippen LogP contribution in [0.1, 0.15) is 42.7 Å². The first kappa shape index (κ1) is 15.5. The van der Waals surface area contributed by atoms with Crippen molar-refractivity contribution >= 4 is 5.91 Å². The molecule has 0 saturated carbocycles. The van der Waals surface area contributed by atoms with Crippen molar-refractivity contribution in [2.24, 2.45) is 5.73 Å². The maximum Gasteiger partial charge on any atom is 0.270 e. The average molecular weight is 287 g/mol. The van der Waals surface area contributed by atoms with Gasteiger partial charge in [-0.15, -0.1) is 0 Å². The van der Waals surface area contributed by atoms with Crippen molar-refractivity contribution in [3.05, 3.63) is 29.6 Å². The predicted molar refractivity (Wildman–Crippen MR) is 80.7 cm³/mol. The summed E-state index contributed by atoms with van der Waals surface area (Å²) in [5, 5.41) is 3.02. The third-order valence-corrected chi connectivity index (χ3v) is 3.36. The Kier molecular flexibility index (Phi) is 4.94. The van der Waals surface area contributed by atoms with E-state index in [1.165, 1.54) is 0 Å². The van der Waals surface area contributed by atoms with Crippen LogP contribution in [0.2, 0.25) is 0 Å². The topological polar surface area (TPSA) is 77.2 Å². The fraction of sp³-hybridized carbons (Fsp3) is 0.500. The van der Waals surface area contributed by atoms with Gasteiger partial charge in [0.2, 0.25) is 0 Å². The van der Waals surface area contributed by atoms with Crippen LogP contribution in [0.15, 0.2) is 18.3 Å². The molecule has 5 heteroatoms. The standard InChI is InChI=1S/C16H21N3O2/c1-16(2)10-13(7-9-21-16)19-15(20)14-6-5-12(11-18-14)4-3-8-17/h5-6,11,13H,7-10,17H2,1-2H3,(H,19,20). The normalized spacial score (nSPS) is 20.2. The molecule has 2 heterocycles. The second-order valence-electron chi connectivity index (χ2n) is 5.71. The molecule has 0 bridgehead atoms. The van der Waals surface area contributed by atoms with E-state index >= 15 is 0 Å². The van der Waals surface area contributed by atoms with Gasteiger partial charge in [0.25, 0.3) is 5.91 Å². The van der Waals surface area contributed by atoms with E-state index < -0.39 is 0 Å². The molecule has 112 valence electrons. The zero-order chi connectivity index (χ0) is 15.3. The van der Waals surface area contributed by atoms with Crippen LogP contribution in [0, 0.1) is 11.8 Å². The third-order valence-electron chi connectivity index (χ3n) is 3.36. The minimum atomic E-state index is -0.189. The van der Waals surface area contributed by atoms with Crippen LogP contribution in [-0.2, 0) is 4.74 Å². The van der Waals surface area contributed by atoms with E-state index in [4.69, 9.17) is 10.5 Å². The van der Waals surface area contributed by atoms with Crippen molar-refractivity contribution in [3.63, 3.8) is 0 Å². The van der Waals surface area contributed by atoms with E-state index in [9.17, 15) is 4.79 Å². The first-order chi connectivity index (χ1) is 10.00. The summed E-state index contributed by atoms with van der Waals surface area (Å²) in [5.41, 5.74) is 6.28. The first-order valence-electron chi connectivity index (χ1n) is 7.10. The summed E-state index contributed by atoms with van der Waals surface area (Å²) in [6.07, 6.45) is 3.22. The lowest BCUT2D eigenvalue weighted by molar-refractivity contribution is -0.0615. The summed E-state index contributed by atoms with van der Waals surface area (Å²) in [7, 11) is 0. The maximum atomic E-state index is 12.2. The number of hydrogen-bond acceptors (Lipinski definition) is 4. The maximum absolute atomic E-state index is 12.2. The summed E-state index contributed by atoms with van der Waals surface area (Å²) < 4.78 is 5.64. The van der Waals surface area contributed by atoms with E-state index in [0.717, 1.165) is 18.4 Å². The molecule has 2 rings (SSSR count). The van der Waals surface area contributed by atoms with Gasteiger partial charge in [-0.1, -0.05) is 11.8 Å². The molecule has 0 aromatic carbocycles. The SMILES string of the molecule is CC1(C)CC(NC(=O)c2ccc(C#CCN)cn2)CCO1. The number of carbonyl (C=O) groups is 1. The molecule has 1 fully saturated rings. The molecule has 1 amide bonds. The van der Waals surface area contributed by atoms with Gasteiger partial charge in [-0.05, 0) is 38.8 Å². The molecule has 21 heavy (non-hydrogen) atoms. The van der Waals surface area contributed by atoms with Gasteiger partial charge in [-0.3, -0.25) is 4.79 Å². The molecule has 3 N–H and O–H groups in total. The molecule has 5 nitrogen and oxygen atoms in total. The van der Waals surface area contributed by atoms with Gasteiger partial charge in [-0.2, -0.15) is 0 Å². The fourth-order valence-electron chi connectivity index (χ4n) is 2.37. The highest BCUT2D eigenvalue weighted by Crippen LogP contribution is 2.24. The number of amides is 1. The quantitative estimate of drug-likeness (QED) is 0.798. The summed E-state index contributed by atoms with van der Waals surface area (Å²) in [6, 6.07) is 3.58. The van der Waals surface area contributed by atoms with Gasteiger partial charge in [0, 0.05) is 24.4 Å². The number of ether oxygens (including phenoxy) is 1. The van der Waals surface area contributed by atoms with Crippen LogP contribution in [-0.4, -0.2) is 35.7 Å². The van der Waals surface area contributed by atoms with Crippen molar-refractivity contribution in [2.45, 2.75) is 38.3 Å². The monoisotopic (exact) mass is 287 g/mol. The van der Waals surface area contributed by atoms with Gasteiger partial charge in [0.15, 0.2) is 0 Å². The molecule has 1 saturated heterocycles. The molecule has 0 spiro atoms. The predicted octanol–water partition coefficient (Wildman–Crippen LogP) is 1.08. The highest BCUT2D eigenvalue weighted by molar-refractivity contribution is 5.92. The van der Waals surface area contributed by atoms with Crippen LogP contribution in [0.25, 0.3) is 0 Å². The van der Waals surface area contributed by atoms with Crippen LogP contribution < -0.4 is 11.1 Å². The Balaban J connectivity index is 1.97. The van der Waals surface area contributed by atoms with E-state index in [-0.39, 0.29) is 17.6 Å². The Hall–Kier alpha value is -1.90. The van der Waals surface area contributed by atoms with E-state index in [2.05, 4.69) is 22.1 Å². The van der Waals surface area contributed by atoms with Crippen molar-refractivity contribution < 1.29 is 9.53 Å². The zero-order valence-corrected chi connectivity index (χ0v) is 12.5. The van der Waals surface area contributed by atoms with Gasteiger partial charge in [-0.25, -0.2) is 4.98 Å². The Bertz CT molecular complexity index is 555. The Morgan fingerprint density at radius 1 is 1.57 bits per heavy atom. The third kappa shape index (κ3) is 4.55. The molecule has 1 aromatic heterocycles. The van der Waals surface area contributed by atoms with Crippen LogP contribution >= 0.6 is 0 Å². The number of nitrogens with two attached hydrogens (primary N) is 1. The molecule has 0 aliphatic carbocycles. The smallest absolute Gasteiger partial charge is 0.270 e. The van der Waals surface area contributed by atoms with Gasteiger partial charge in [0.1, 0.15) is 5.69 Å². The van der Waals surface area contributed by atoms with Gasteiger partial charge < -0.3 is 15.8 Å². The van der Waals surface area contributed by atoms with Crippen LogP contribution in [0.3, 0.4) is 0 Å². The molecular formula is C16H21N3O2. The summed E-state index contributed by atoms with van der Waals surface area (Å²) in [5.74, 6) is 5.47. The first-order valence-corrected chi connectivity index (χ1v) is 7.10. The lowest BCUT2D eigenvalue weighted by Crippen LogP contribution is -2.45. The number of nitrogens with zero attached hydrogens (tertiary/aromatic N) is 1. The molecule has 1 aliphatic rings. The number of aromatic nitrogens is 1. The van der Waals surface area contributed by atoms with Crippen LogP contribution in [0.5, 0.6) is 0 Å². The minimum Gasteiger partial charge on any atom is -0.375 e. The highest BCUT2D eigenvalue weighted by Gasteiger charge is 2.29. The number of carbonyl (C=O) groups excluding carboxylic acids is 1. The largest absolute Gasteiger partial charge is 0.375 e. The Morgan fingerprint density at radius 2 is 2.38 bits per heavy atom. The molecular weight excluding hydrogens is 266 g/mol. The zero-order valence-electron chi connectivity index (χ0n) is 12.5. The van der Waals surface area contributed by atoms with Crippen LogP contribution in [0.4, 0.5) is 0 Å². The number of hydrogen-bond donors (Lipinski definition) is 2. The Labute approximate surface area is 125 Å².